The number of hydrogen-bond donors (Lipinski definition) is 1. The highest BCUT2D eigenvalue weighted by molar-refractivity contribution is 6.34. The summed E-state index contributed by atoms with van der Waals surface area (Å²) in [6.45, 7) is 5.25. The quantitative estimate of drug-likeness (QED) is 0.861. The summed E-state index contributed by atoms with van der Waals surface area (Å²) < 4.78 is 0. The summed E-state index contributed by atoms with van der Waals surface area (Å²) in [4.78, 5) is 22.6. The van der Waals surface area contributed by atoms with Crippen molar-refractivity contribution in [3.05, 3.63) is 28.8 Å². The lowest BCUT2D eigenvalue weighted by Gasteiger charge is -2.12. The zero-order valence-corrected chi connectivity index (χ0v) is 12.4. The number of nitrogens with one attached hydrogen (secondary N) is 1. The predicted molar refractivity (Wildman–Crippen MR) is 78.5 cm³/mol. The monoisotopic (exact) mass is 281 g/mol. The van der Waals surface area contributed by atoms with Gasteiger partial charge in [0.2, 0.25) is 5.91 Å². The van der Waals surface area contributed by atoms with Crippen molar-refractivity contribution in [1.82, 2.24) is 0 Å². The van der Waals surface area contributed by atoms with Crippen molar-refractivity contribution in [3.63, 3.8) is 0 Å². The van der Waals surface area contributed by atoms with Crippen LogP contribution in [0.1, 0.15) is 39.2 Å². The summed E-state index contributed by atoms with van der Waals surface area (Å²) >= 11 is 6.27. The van der Waals surface area contributed by atoms with Crippen LogP contribution in [0.15, 0.2) is 18.2 Å². The molecule has 0 spiro atoms. The van der Waals surface area contributed by atoms with E-state index in [1.165, 1.54) is 0 Å². The van der Waals surface area contributed by atoms with Crippen LogP contribution >= 0.6 is 11.6 Å². The summed E-state index contributed by atoms with van der Waals surface area (Å²) in [6, 6.07) is 5.58. The molecular weight excluding hydrogens is 262 g/mol. The molecule has 0 fully saturated rings. The van der Waals surface area contributed by atoms with Crippen molar-refractivity contribution in [2.24, 2.45) is 5.92 Å². The van der Waals surface area contributed by atoms with E-state index >= 15 is 0 Å². The Morgan fingerprint density at radius 1 is 1.32 bits per heavy atom. The molecule has 19 heavy (non-hydrogen) atoms. The van der Waals surface area contributed by atoms with E-state index in [1.807, 2.05) is 26.0 Å². The van der Waals surface area contributed by atoms with E-state index in [4.69, 9.17) is 11.6 Å². The zero-order valence-electron chi connectivity index (χ0n) is 11.6. The van der Waals surface area contributed by atoms with Gasteiger partial charge in [-0.15, -0.1) is 0 Å². The van der Waals surface area contributed by atoms with Gasteiger partial charge in [0.1, 0.15) is 5.78 Å². The SMILES string of the molecule is CC(=O)CCCc1cccc(NC(=O)C(C)C)c1Cl. The van der Waals surface area contributed by atoms with Crippen molar-refractivity contribution in [1.29, 1.82) is 0 Å². The topological polar surface area (TPSA) is 46.2 Å². The van der Waals surface area contributed by atoms with Gasteiger partial charge >= 0.3 is 0 Å². The first kappa shape index (κ1) is 15.7. The van der Waals surface area contributed by atoms with Crippen molar-refractivity contribution in [3.8, 4) is 0 Å². The average Bonchev–Trinajstić information content (AvgIpc) is 2.33. The molecule has 1 aromatic rings. The standard InChI is InChI=1S/C15H20ClNO2/c1-10(2)15(19)17-13-9-5-8-12(14(13)16)7-4-6-11(3)18/h5,8-10H,4,6-7H2,1-3H3,(H,17,19). The first-order valence-electron chi connectivity index (χ1n) is 6.49. The highest BCUT2D eigenvalue weighted by Crippen LogP contribution is 2.27. The van der Waals surface area contributed by atoms with Gasteiger partial charge in [-0.05, 0) is 31.4 Å². The second-order valence-corrected chi connectivity index (χ2v) is 5.36. The molecule has 4 heteroatoms. The molecule has 1 N–H and O–H groups in total. The molecule has 0 heterocycles. The number of carbonyl (C=O) groups excluding carboxylic acids is 2. The molecule has 104 valence electrons. The minimum atomic E-state index is -0.0857. The van der Waals surface area contributed by atoms with E-state index in [0.717, 1.165) is 18.4 Å². The summed E-state index contributed by atoms with van der Waals surface area (Å²) in [6.07, 6.45) is 2.07. The van der Waals surface area contributed by atoms with E-state index in [-0.39, 0.29) is 17.6 Å². The maximum atomic E-state index is 11.7. The smallest absolute Gasteiger partial charge is 0.226 e. The summed E-state index contributed by atoms with van der Waals surface area (Å²) in [5, 5.41) is 3.38. The molecule has 1 aromatic carbocycles. The zero-order chi connectivity index (χ0) is 14.4. The Kier molecular flexibility index (Phi) is 6.03. The van der Waals surface area contributed by atoms with Crippen molar-refractivity contribution >= 4 is 29.0 Å². The molecule has 0 saturated heterocycles. The minimum Gasteiger partial charge on any atom is -0.325 e. The largest absolute Gasteiger partial charge is 0.325 e. The number of Topliss-reactive ketones (excluding diaryl/α,β-unsaturated/α-hetero) is 1. The number of amides is 1. The van der Waals surface area contributed by atoms with E-state index in [0.29, 0.717) is 17.1 Å². The van der Waals surface area contributed by atoms with E-state index in [2.05, 4.69) is 5.32 Å². The van der Waals surface area contributed by atoms with Gasteiger partial charge in [-0.2, -0.15) is 0 Å². The third-order valence-electron chi connectivity index (χ3n) is 2.84. The second-order valence-electron chi connectivity index (χ2n) is 4.98. The van der Waals surface area contributed by atoms with Crippen LogP contribution in [0, 0.1) is 5.92 Å². The van der Waals surface area contributed by atoms with Crippen LogP contribution in [-0.4, -0.2) is 11.7 Å². The van der Waals surface area contributed by atoms with Crippen LogP contribution in [0.25, 0.3) is 0 Å². The van der Waals surface area contributed by atoms with Crippen LogP contribution in [0.4, 0.5) is 5.69 Å². The molecule has 0 radical (unpaired) electrons. The van der Waals surface area contributed by atoms with Gasteiger partial charge in [0.15, 0.2) is 0 Å². The van der Waals surface area contributed by atoms with Gasteiger partial charge in [-0.25, -0.2) is 0 Å². The van der Waals surface area contributed by atoms with E-state index in [9.17, 15) is 9.59 Å². The number of aryl methyl sites for hydroxylation is 1. The fourth-order valence-corrected chi connectivity index (χ4v) is 1.94. The van der Waals surface area contributed by atoms with E-state index < -0.39 is 0 Å². The average molecular weight is 282 g/mol. The highest BCUT2D eigenvalue weighted by atomic mass is 35.5. The van der Waals surface area contributed by atoms with Crippen LogP contribution in [-0.2, 0) is 16.0 Å². The fraction of sp³-hybridized carbons (Fsp3) is 0.467. The van der Waals surface area contributed by atoms with Crippen molar-refractivity contribution in [2.45, 2.75) is 40.0 Å². The summed E-state index contributed by atoms with van der Waals surface area (Å²) in [5.74, 6) is 0.0422. The number of rotatable bonds is 6. The van der Waals surface area contributed by atoms with Gasteiger partial charge in [0.25, 0.3) is 0 Å². The van der Waals surface area contributed by atoms with Gasteiger partial charge in [0, 0.05) is 12.3 Å². The Labute approximate surface area is 119 Å². The Bertz CT molecular complexity index is 469. The number of ketones is 1. The number of hydrogen-bond acceptors (Lipinski definition) is 2. The highest BCUT2D eigenvalue weighted by Gasteiger charge is 2.11. The molecule has 0 bridgehead atoms. The normalized spacial score (nSPS) is 10.6. The van der Waals surface area contributed by atoms with Gasteiger partial charge in [0.05, 0.1) is 10.7 Å². The molecule has 0 aliphatic heterocycles. The molecule has 0 unspecified atom stereocenters. The third kappa shape index (κ3) is 5.03. The number of anilines is 1. The van der Waals surface area contributed by atoms with E-state index in [1.54, 1.807) is 13.0 Å². The van der Waals surface area contributed by atoms with Gasteiger partial charge in [-0.3, -0.25) is 4.79 Å². The minimum absolute atomic E-state index is 0.0530. The summed E-state index contributed by atoms with van der Waals surface area (Å²) in [7, 11) is 0. The number of halogens is 1. The number of benzene rings is 1. The lowest BCUT2D eigenvalue weighted by molar-refractivity contribution is -0.119. The Hall–Kier alpha value is -1.35. The van der Waals surface area contributed by atoms with Crippen LogP contribution in [0.5, 0.6) is 0 Å². The molecule has 0 aliphatic carbocycles. The first-order chi connectivity index (χ1) is 8.91. The lowest BCUT2D eigenvalue weighted by Crippen LogP contribution is -2.18. The van der Waals surface area contributed by atoms with Crippen molar-refractivity contribution in [2.75, 3.05) is 5.32 Å². The van der Waals surface area contributed by atoms with Gasteiger partial charge < -0.3 is 10.1 Å². The predicted octanol–water partition coefficient (Wildman–Crippen LogP) is 3.85. The van der Waals surface area contributed by atoms with Crippen LogP contribution in [0.2, 0.25) is 5.02 Å². The Morgan fingerprint density at radius 3 is 2.58 bits per heavy atom. The molecule has 0 aliphatic rings. The summed E-state index contributed by atoms with van der Waals surface area (Å²) in [5.41, 5.74) is 1.60. The Balaban J connectivity index is 2.74. The number of carbonyl (C=O) groups is 2. The maximum Gasteiger partial charge on any atom is 0.226 e. The first-order valence-corrected chi connectivity index (χ1v) is 6.87. The molecule has 1 rings (SSSR count). The molecule has 1 amide bonds. The van der Waals surface area contributed by atoms with Crippen LogP contribution < -0.4 is 5.32 Å². The third-order valence-corrected chi connectivity index (χ3v) is 3.28. The maximum absolute atomic E-state index is 11.7. The molecule has 0 aromatic heterocycles. The van der Waals surface area contributed by atoms with Crippen molar-refractivity contribution < 1.29 is 9.59 Å². The second kappa shape index (κ2) is 7.29. The van der Waals surface area contributed by atoms with Gasteiger partial charge in [-0.1, -0.05) is 37.6 Å². The molecular formula is C15H20ClNO2. The lowest BCUT2D eigenvalue weighted by atomic mass is 10.1. The molecule has 0 atom stereocenters. The fourth-order valence-electron chi connectivity index (χ4n) is 1.67. The Morgan fingerprint density at radius 2 is 2.00 bits per heavy atom. The molecule has 3 nitrogen and oxygen atoms in total. The molecule has 0 saturated carbocycles. The van der Waals surface area contributed by atoms with Crippen LogP contribution in [0.3, 0.4) is 0 Å².